The highest BCUT2D eigenvalue weighted by atomic mass is 32.1. The van der Waals surface area contributed by atoms with Crippen molar-refractivity contribution in [2.75, 3.05) is 0 Å². The number of alkyl halides is 3. The number of thiophene rings is 1. The highest BCUT2D eigenvalue weighted by Gasteiger charge is 2.35. The van der Waals surface area contributed by atoms with Crippen LogP contribution in [0.25, 0.3) is 10.6 Å². The van der Waals surface area contributed by atoms with E-state index in [2.05, 4.69) is 5.10 Å². The zero-order chi connectivity index (χ0) is 17.5. The molecule has 3 aromatic heterocycles. The van der Waals surface area contributed by atoms with Crippen LogP contribution in [0.15, 0.2) is 42.7 Å². The quantitative estimate of drug-likeness (QED) is 0.522. The highest BCUT2D eigenvalue weighted by molar-refractivity contribution is 7.17. The molecular formula is C15H10F4N3OS+. The minimum absolute atomic E-state index is 0.123. The molecule has 124 valence electrons. The average molecular weight is 356 g/mol. The summed E-state index contributed by atoms with van der Waals surface area (Å²) in [6.45, 7) is 0. The third kappa shape index (κ3) is 3.07. The molecule has 0 aromatic carbocycles. The molecule has 0 unspecified atom stereocenters. The molecule has 0 amide bonds. The molecule has 0 saturated heterocycles. The number of carbonyl (C=O) groups is 1. The Morgan fingerprint density at radius 2 is 2.04 bits per heavy atom. The Balaban J connectivity index is 1.93. The van der Waals surface area contributed by atoms with Gasteiger partial charge in [-0.1, -0.05) is 0 Å². The summed E-state index contributed by atoms with van der Waals surface area (Å²) in [7, 11) is 1.20. The first-order chi connectivity index (χ1) is 11.3. The molecule has 4 nitrogen and oxygen atoms in total. The number of rotatable bonds is 2. The largest absolute Gasteiger partial charge is 0.434 e. The van der Waals surface area contributed by atoms with Crippen LogP contribution in [-0.4, -0.2) is 15.7 Å². The second-order valence-corrected chi connectivity index (χ2v) is 6.02. The zero-order valence-corrected chi connectivity index (χ0v) is 13.0. The fourth-order valence-corrected chi connectivity index (χ4v) is 3.05. The molecular weight excluding hydrogens is 346 g/mol. The van der Waals surface area contributed by atoms with E-state index in [9.17, 15) is 22.4 Å². The fourth-order valence-electron chi connectivity index (χ4n) is 2.14. The molecule has 0 fully saturated rings. The number of halogens is 4. The van der Waals surface area contributed by atoms with E-state index in [-0.39, 0.29) is 10.6 Å². The number of hydrogen-bond donors (Lipinski definition) is 0. The molecule has 0 saturated carbocycles. The Morgan fingerprint density at radius 1 is 1.29 bits per heavy atom. The average Bonchev–Trinajstić information content (AvgIpc) is 3.12. The second-order valence-electron chi connectivity index (χ2n) is 4.93. The molecule has 9 heteroatoms. The van der Waals surface area contributed by atoms with Crippen LogP contribution < -0.4 is 4.57 Å². The van der Waals surface area contributed by atoms with Crippen molar-refractivity contribution in [3.8, 4) is 10.6 Å². The number of aryl methyl sites for hydroxylation is 1. The SMILES string of the molecule is Cn1nc(-c2ccc(C(=O)[n+]3cccc(F)c3)s2)cc1C(F)(F)F. The van der Waals surface area contributed by atoms with Crippen molar-refractivity contribution >= 4 is 17.2 Å². The van der Waals surface area contributed by atoms with Crippen molar-refractivity contribution in [2.45, 2.75) is 6.18 Å². The normalized spacial score (nSPS) is 11.7. The summed E-state index contributed by atoms with van der Waals surface area (Å²) in [5, 5.41) is 3.84. The molecule has 3 heterocycles. The van der Waals surface area contributed by atoms with Gasteiger partial charge >= 0.3 is 12.1 Å². The van der Waals surface area contributed by atoms with Gasteiger partial charge in [-0.3, -0.25) is 4.68 Å². The molecule has 3 rings (SSSR count). The second kappa shape index (κ2) is 5.82. The minimum atomic E-state index is -4.51. The van der Waals surface area contributed by atoms with Gasteiger partial charge in [0, 0.05) is 13.1 Å². The van der Waals surface area contributed by atoms with Crippen molar-refractivity contribution < 1.29 is 26.9 Å². The number of pyridine rings is 1. The number of carbonyl (C=O) groups excluding carboxylic acids is 1. The van der Waals surface area contributed by atoms with Crippen LogP contribution in [0.5, 0.6) is 0 Å². The first-order valence-corrected chi connectivity index (χ1v) is 7.50. The van der Waals surface area contributed by atoms with Crippen molar-refractivity contribution in [1.82, 2.24) is 9.78 Å². The van der Waals surface area contributed by atoms with Gasteiger partial charge in [0.1, 0.15) is 16.3 Å². The Kier molecular flexibility index (Phi) is 3.96. The molecule has 0 N–H and O–H groups in total. The van der Waals surface area contributed by atoms with E-state index < -0.39 is 23.6 Å². The summed E-state index contributed by atoms with van der Waals surface area (Å²) in [6, 6.07) is 6.50. The third-order valence-corrected chi connectivity index (χ3v) is 4.33. The topological polar surface area (TPSA) is 38.8 Å². The van der Waals surface area contributed by atoms with Crippen molar-refractivity contribution in [2.24, 2.45) is 7.05 Å². The van der Waals surface area contributed by atoms with Crippen molar-refractivity contribution in [1.29, 1.82) is 0 Å². The molecule has 0 aliphatic rings. The first kappa shape index (κ1) is 16.3. The van der Waals surface area contributed by atoms with Crippen LogP contribution in [0.2, 0.25) is 0 Å². The Hall–Kier alpha value is -2.55. The van der Waals surface area contributed by atoms with Gasteiger partial charge in [0.25, 0.3) is 0 Å². The van der Waals surface area contributed by atoms with E-state index in [1.165, 1.54) is 37.5 Å². The summed E-state index contributed by atoms with van der Waals surface area (Å²) >= 11 is 0.991. The zero-order valence-electron chi connectivity index (χ0n) is 12.2. The lowest BCUT2D eigenvalue weighted by Gasteiger charge is -2.04. The molecule has 3 aromatic rings. The standard InChI is InChI=1S/C15H10F4N3OS/c1-21-13(15(17,18)19)7-10(20-21)11-4-5-12(24-11)14(23)22-6-2-3-9(16)8-22/h2-8H,1H3/q+1. The van der Waals surface area contributed by atoms with Crippen LogP contribution in [0, 0.1) is 5.82 Å². The Labute approximate surface area is 137 Å². The van der Waals surface area contributed by atoms with Gasteiger partial charge in [-0.2, -0.15) is 18.3 Å². The van der Waals surface area contributed by atoms with E-state index >= 15 is 0 Å². The predicted molar refractivity (Wildman–Crippen MR) is 77.8 cm³/mol. The Bertz CT molecular complexity index is 914. The summed E-state index contributed by atoms with van der Waals surface area (Å²) in [5.74, 6) is -1.04. The lowest BCUT2D eigenvalue weighted by molar-refractivity contribution is -0.572. The summed E-state index contributed by atoms with van der Waals surface area (Å²) in [4.78, 5) is 13.0. The molecule has 0 radical (unpaired) electrons. The molecule has 0 spiro atoms. The van der Waals surface area contributed by atoms with Gasteiger partial charge in [-0.25, -0.2) is 9.18 Å². The summed E-state index contributed by atoms with van der Waals surface area (Å²) < 4.78 is 53.5. The van der Waals surface area contributed by atoms with E-state index in [0.29, 0.717) is 4.88 Å². The third-order valence-electron chi connectivity index (χ3n) is 3.24. The highest BCUT2D eigenvalue weighted by Crippen LogP contribution is 2.34. The lowest BCUT2D eigenvalue weighted by Crippen LogP contribution is -2.42. The smallest absolute Gasteiger partial charge is 0.263 e. The minimum Gasteiger partial charge on any atom is -0.263 e. The predicted octanol–water partition coefficient (Wildman–Crippen LogP) is 3.28. The van der Waals surface area contributed by atoms with Crippen LogP contribution in [0.4, 0.5) is 17.6 Å². The maximum absolute atomic E-state index is 13.2. The maximum atomic E-state index is 13.2. The summed E-state index contributed by atoms with van der Waals surface area (Å²) in [6.07, 6.45) is -2.08. The van der Waals surface area contributed by atoms with Gasteiger partial charge in [-0.05, 0) is 24.3 Å². The molecule has 0 atom stereocenters. The van der Waals surface area contributed by atoms with Crippen molar-refractivity contribution in [3.63, 3.8) is 0 Å². The monoisotopic (exact) mass is 356 g/mol. The first-order valence-electron chi connectivity index (χ1n) is 6.68. The number of aromatic nitrogens is 3. The van der Waals surface area contributed by atoms with Gasteiger partial charge < -0.3 is 0 Å². The number of hydrogen-bond acceptors (Lipinski definition) is 3. The molecule has 24 heavy (non-hydrogen) atoms. The molecule has 0 aliphatic heterocycles. The molecule has 0 bridgehead atoms. The van der Waals surface area contributed by atoms with Gasteiger partial charge in [-0.15, -0.1) is 15.9 Å². The molecule has 0 aliphatic carbocycles. The van der Waals surface area contributed by atoms with E-state index in [4.69, 9.17) is 0 Å². The van der Waals surface area contributed by atoms with E-state index in [1.54, 1.807) is 0 Å². The van der Waals surface area contributed by atoms with Crippen LogP contribution in [0.1, 0.15) is 15.4 Å². The number of nitrogens with zero attached hydrogens (tertiary/aromatic N) is 3. The summed E-state index contributed by atoms with van der Waals surface area (Å²) in [5.41, 5.74) is -0.753. The van der Waals surface area contributed by atoms with Crippen molar-refractivity contribution in [3.05, 3.63) is 59.1 Å². The van der Waals surface area contributed by atoms with Gasteiger partial charge in [0.05, 0.1) is 4.88 Å². The van der Waals surface area contributed by atoms with Gasteiger partial charge in [0.15, 0.2) is 12.0 Å². The van der Waals surface area contributed by atoms with Crippen LogP contribution >= 0.6 is 11.3 Å². The van der Waals surface area contributed by atoms with Gasteiger partial charge in [0.2, 0.25) is 6.20 Å². The Morgan fingerprint density at radius 3 is 2.67 bits per heavy atom. The fraction of sp³-hybridized carbons (Fsp3) is 0.133. The van der Waals surface area contributed by atoms with E-state index in [1.807, 2.05) is 0 Å². The maximum Gasteiger partial charge on any atom is 0.434 e. The van der Waals surface area contributed by atoms with Crippen LogP contribution in [0.3, 0.4) is 0 Å². The van der Waals surface area contributed by atoms with Crippen LogP contribution in [-0.2, 0) is 13.2 Å². The lowest BCUT2D eigenvalue weighted by atomic mass is 10.3. The van der Waals surface area contributed by atoms with E-state index in [0.717, 1.165) is 32.8 Å².